The van der Waals surface area contributed by atoms with Gasteiger partial charge in [0.25, 0.3) is 0 Å². The number of rotatable bonds is 6. The molecule has 3 saturated heterocycles. The number of fused-ring (bicyclic) bond motifs is 3. The monoisotopic (exact) mass is 351 g/mol. The molecule has 0 aromatic carbocycles. The number of piperidine rings is 2. The number of hydrogen-bond donors (Lipinski definition) is 1. The molecule has 4 fully saturated rings. The van der Waals surface area contributed by atoms with E-state index in [-0.39, 0.29) is 11.4 Å². The first kappa shape index (κ1) is 18.5. The summed E-state index contributed by atoms with van der Waals surface area (Å²) in [6.07, 6.45) is 3.93. The van der Waals surface area contributed by atoms with E-state index in [9.17, 15) is 14.7 Å². The Kier molecular flexibility index (Phi) is 5.28. The lowest BCUT2D eigenvalue weighted by atomic mass is 9.65. The third-order valence-electron chi connectivity index (χ3n) is 7.03. The fourth-order valence-corrected chi connectivity index (χ4v) is 5.37. The van der Waals surface area contributed by atoms with Crippen LogP contribution in [0.25, 0.3) is 0 Å². The van der Waals surface area contributed by atoms with Crippen LogP contribution in [-0.2, 0) is 4.79 Å². The van der Waals surface area contributed by atoms with E-state index < -0.39 is 6.09 Å². The number of carbonyl (C=O) groups excluding carboxylic acids is 1. The number of nitrogens with zero attached hydrogens (tertiary/aromatic N) is 3. The van der Waals surface area contributed by atoms with Gasteiger partial charge in [0.15, 0.2) is 0 Å². The lowest BCUT2D eigenvalue weighted by Crippen LogP contribution is -2.69. The smallest absolute Gasteiger partial charge is 0.407 e. The molecule has 25 heavy (non-hydrogen) atoms. The van der Waals surface area contributed by atoms with Crippen LogP contribution >= 0.6 is 0 Å². The second-order valence-electron chi connectivity index (χ2n) is 8.13. The molecule has 6 nitrogen and oxygen atoms in total. The van der Waals surface area contributed by atoms with Gasteiger partial charge in [0.1, 0.15) is 0 Å². The van der Waals surface area contributed by atoms with Crippen molar-refractivity contribution in [3.63, 3.8) is 0 Å². The van der Waals surface area contributed by atoms with Crippen molar-refractivity contribution in [3.05, 3.63) is 0 Å². The number of hydrogen-bond acceptors (Lipinski definition) is 3. The van der Waals surface area contributed by atoms with Gasteiger partial charge >= 0.3 is 6.09 Å². The van der Waals surface area contributed by atoms with E-state index >= 15 is 0 Å². The summed E-state index contributed by atoms with van der Waals surface area (Å²) in [4.78, 5) is 30.1. The molecule has 2 amide bonds. The zero-order chi connectivity index (χ0) is 18.2. The molecular formula is C19H33N3O3. The Balaban J connectivity index is 1.56. The van der Waals surface area contributed by atoms with Gasteiger partial charge in [0.2, 0.25) is 5.91 Å². The maximum Gasteiger partial charge on any atom is 0.407 e. The van der Waals surface area contributed by atoms with Crippen molar-refractivity contribution < 1.29 is 14.7 Å². The molecule has 0 aromatic heterocycles. The van der Waals surface area contributed by atoms with E-state index in [1.165, 1.54) is 0 Å². The van der Waals surface area contributed by atoms with E-state index in [0.717, 1.165) is 51.9 Å². The zero-order valence-corrected chi connectivity index (χ0v) is 15.9. The number of carbonyl (C=O) groups is 2. The predicted octanol–water partition coefficient (Wildman–Crippen LogP) is 2.49. The van der Waals surface area contributed by atoms with E-state index in [1.807, 2.05) is 18.7 Å². The number of amides is 2. The molecule has 3 aliphatic heterocycles. The van der Waals surface area contributed by atoms with Crippen molar-refractivity contribution in [3.8, 4) is 0 Å². The molecule has 0 radical (unpaired) electrons. The van der Waals surface area contributed by atoms with Gasteiger partial charge in [0.05, 0.1) is 0 Å². The highest BCUT2D eigenvalue weighted by atomic mass is 16.4. The minimum absolute atomic E-state index is 0.159. The summed E-state index contributed by atoms with van der Waals surface area (Å²) in [5, 5.41) is 9.56. The number of carboxylic acid groups (broad SMARTS) is 1. The molecule has 3 unspecified atom stereocenters. The largest absolute Gasteiger partial charge is 0.465 e. The van der Waals surface area contributed by atoms with Gasteiger partial charge in [0, 0.05) is 50.7 Å². The third-order valence-corrected chi connectivity index (χ3v) is 7.03. The minimum Gasteiger partial charge on any atom is -0.465 e. The van der Waals surface area contributed by atoms with Gasteiger partial charge in [-0.2, -0.15) is 0 Å². The normalized spacial score (nSPS) is 32.5. The summed E-state index contributed by atoms with van der Waals surface area (Å²) in [5.74, 6) is 1.22. The van der Waals surface area contributed by atoms with Crippen LogP contribution in [0.4, 0.5) is 4.79 Å². The van der Waals surface area contributed by atoms with Crippen LogP contribution in [0.15, 0.2) is 0 Å². The Morgan fingerprint density at radius 1 is 1.16 bits per heavy atom. The molecule has 142 valence electrons. The third kappa shape index (κ3) is 3.25. The van der Waals surface area contributed by atoms with Crippen LogP contribution in [0.1, 0.15) is 52.9 Å². The van der Waals surface area contributed by atoms with Crippen LogP contribution in [0, 0.1) is 11.8 Å². The molecule has 2 bridgehead atoms. The topological polar surface area (TPSA) is 64.1 Å². The summed E-state index contributed by atoms with van der Waals surface area (Å²) in [6, 6.07) is 0.504. The summed E-state index contributed by atoms with van der Waals surface area (Å²) in [7, 11) is 0. The maximum absolute atomic E-state index is 12.3. The van der Waals surface area contributed by atoms with Crippen LogP contribution in [0.3, 0.4) is 0 Å². The van der Waals surface area contributed by atoms with Crippen LogP contribution in [0.2, 0.25) is 0 Å². The highest BCUT2D eigenvalue weighted by Gasteiger charge is 2.54. The highest BCUT2D eigenvalue weighted by Crippen LogP contribution is 2.48. The second-order valence-corrected chi connectivity index (χ2v) is 8.13. The Bertz CT molecular complexity index is 516. The standard InChI is InChI=1S/C19H33N3O3/c1-4-19-8-7-15(13-22(19)18(24)25)16(10-19)21-11-14(12-21)9-17(23)20(5-2)6-3/h14-16H,4-13H2,1-3H3,(H,24,25). The van der Waals surface area contributed by atoms with Crippen LogP contribution in [-0.4, -0.2) is 76.1 Å². The average molecular weight is 351 g/mol. The van der Waals surface area contributed by atoms with Gasteiger partial charge < -0.3 is 14.9 Å². The molecule has 4 aliphatic rings. The lowest BCUT2D eigenvalue weighted by molar-refractivity contribution is -0.136. The van der Waals surface area contributed by atoms with E-state index in [4.69, 9.17) is 0 Å². The van der Waals surface area contributed by atoms with Gasteiger partial charge in [-0.1, -0.05) is 6.92 Å². The van der Waals surface area contributed by atoms with Crippen molar-refractivity contribution in [1.29, 1.82) is 0 Å². The first-order chi connectivity index (χ1) is 11.9. The van der Waals surface area contributed by atoms with E-state index in [0.29, 0.717) is 30.8 Å². The van der Waals surface area contributed by atoms with Gasteiger partial charge in [-0.25, -0.2) is 4.79 Å². The van der Waals surface area contributed by atoms with Crippen molar-refractivity contribution in [2.45, 2.75) is 64.5 Å². The quantitative estimate of drug-likeness (QED) is 0.798. The second kappa shape index (κ2) is 7.14. The zero-order valence-electron chi connectivity index (χ0n) is 15.9. The summed E-state index contributed by atoms with van der Waals surface area (Å²) in [5.41, 5.74) is -0.159. The van der Waals surface area contributed by atoms with Crippen molar-refractivity contribution in [2.24, 2.45) is 11.8 Å². The molecule has 0 aromatic rings. The molecular weight excluding hydrogens is 318 g/mol. The number of likely N-dealkylation sites (tertiary alicyclic amines) is 1. The van der Waals surface area contributed by atoms with Crippen molar-refractivity contribution in [1.82, 2.24) is 14.7 Å². The molecule has 1 aliphatic carbocycles. The molecule has 1 saturated carbocycles. The molecule has 1 N–H and O–H groups in total. The van der Waals surface area contributed by atoms with Crippen molar-refractivity contribution in [2.75, 3.05) is 32.7 Å². The predicted molar refractivity (Wildman–Crippen MR) is 96.5 cm³/mol. The molecule has 3 atom stereocenters. The fraction of sp³-hybridized carbons (Fsp3) is 0.895. The molecule has 6 heteroatoms. The van der Waals surface area contributed by atoms with E-state index in [1.54, 1.807) is 4.90 Å². The average Bonchev–Trinajstić information content (AvgIpc) is 2.58. The maximum atomic E-state index is 12.3. The minimum atomic E-state index is -0.753. The first-order valence-electron chi connectivity index (χ1n) is 9.96. The van der Waals surface area contributed by atoms with Gasteiger partial charge in [-0.05, 0) is 51.4 Å². The summed E-state index contributed by atoms with van der Waals surface area (Å²) >= 11 is 0. The highest BCUT2D eigenvalue weighted by molar-refractivity contribution is 5.76. The van der Waals surface area contributed by atoms with Gasteiger partial charge in [-0.3, -0.25) is 9.69 Å². The lowest BCUT2D eigenvalue weighted by Gasteiger charge is -2.60. The Labute approximate surface area is 151 Å². The molecule has 3 heterocycles. The van der Waals surface area contributed by atoms with E-state index in [2.05, 4.69) is 11.8 Å². The first-order valence-corrected chi connectivity index (χ1v) is 9.96. The van der Waals surface area contributed by atoms with Gasteiger partial charge in [-0.15, -0.1) is 0 Å². The Hall–Kier alpha value is -1.30. The van der Waals surface area contributed by atoms with Crippen LogP contribution < -0.4 is 0 Å². The SMILES string of the molecule is CCN(CC)C(=O)CC1CN(C2CC3(CC)CCC2CN3C(=O)O)C1. The summed E-state index contributed by atoms with van der Waals surface area (Å²) in [6.45, 7) is 10.5. The molecule has 4 rings (SSSR count). The summed E-state index contributed by atoms with van der Waals surface area (Å²) < 4.78 is 0. The Morgan fingerprint density at radius 2 is 1.84 bits per heavy atom. The van der Waals surface area contributed by atoms with Crippen LogP contribution in [0.5, 0.6) is 0 Å². The molecule has 0 spiro atoms. The Morgan fingerprint density at radius 3 is 2.40 bits per heavy atom. The fourth-order valence-electron chi connectivity index (χ4n) is 5.37. The van der Waals surface area contributed by atoms with Crippen molar-refractivity contribution >= 4 is 12.0 Å².